The van der Waals surface area contributed by atoms with Gasteiger partial charge in [-0.05, 0) is 54.1 Å². The maximum atomic E-state index is 12.6. The number of carbonyl (C=O) groups is 1. The molecule has 0 aliphatic rings. The van der Waals surface area contributed by atoms with E-state index in [1.54, 1.807) is 0 Å². The molecule has 29 heavy (non-hydrogen) atoms. The zero-order valence-corrected chi connectivity index (χ0v) is 17.7. The van der Waals surface area contributed by atoms with Gasteiger partial charge in [0, 0.05) is 5.69 Å². The molecule has 0 saturated heterocycles. The van der Waals surface area contributed by atoms with Crippen molar-refractivity contribution in [1.82, 2.24) is 9.78 Å². The largest absolute Gasteiger partial charge is 0.321 e. The zero-order valence-electron chi connectivity index (χ0n) is 16.1. The number of aromatic nitrogens is 2. The first kappa shape index (κ1) is 19.4. The van der Waals surface area contributed by atoms with Crippen molar-refractivity contribution in [2.24, 2.45) is 0 Å². The number of benzene rings is 2. The minimum atomic E-state index is -0.111. The third kappa shape index (κ3) is 4.26. The highest BCUT2D eigenvalue weighted by Gasteiger charge is 2.13. The summed E-state index contributed by atoms with van der Waals surface area (Å²) in [4.78, 5) is 13.3. The van der Waals surface area contributed by atoms with Crippen molar-refractivity contribution in [3.8, 4) is 11.1 Å². The van der Waals surface area contributed by atoms with Gasteiger partial charge in [0.05, 0.1) is 27.8 Å². The van der Waals surface area contributed by atoms with E-state index in [9.17, 15) is 4.79 Å². The third-order valence-electron chi connectivity index (χ3n) is 4.75. The average molecular weight is 422 g/mol. The van der Waals surface area contributed by atoms with E-state index >= 15 is 0 Å². The standard InChI is InChI=1S/C23H20ClN3OS/c1-15-22(24)16(2)27(26-15)13-17-12-21(29-14-17)23(28)25-20-10-8-19(9-11-20)18-6-4-3-5-7-18/h3-12,14H,13H2,1-2H3,(H,25,28). The molecule has 1 N–H and O–H groups in total. The summed E-state index contributed by atoms with van der Waals surface area (Å²) in [6, 6.07) is 19.9. The molecule has 0 aliphatic carbocycles. The minimum absolute atomic E-state index is 0.111. The lowest BCUT2D eigenvalue weighted by Crippen LogP contribution is -2.10. The Labute approximate surface area is 178 Å². The molecule has 2 aromatic heterocycles. The summed E-state index contributed by atoms with van der Waals surface area (Å²) >= 11 is 7.64. The van der Waals surface area contributed by atoms with E-state index in [-0.39, 0.29) is 5.91 Å². The number of hydrogen-bond donors (Lipinski definition) is 1. The Hall–Kier alpha value is -2.89. The minimum Gasteiger partial charge on any atom is -0.321 e. The molecule has 1 amide bonds. The van der Waals surface area contributed by atoms with E-state index in [2.05, 4.69) is 22.5 Å². The Kier molecular flexibility index (Phi) is 5.51. The van der Waals surface area contributed by atoms with Gasteiger partial charge in [-0.1, -0.05) is 54.1 Å². The molecule has 0 saturated carbocycles. The average Bonchev–Trinajstić information content (AvgIpc) is 3.30. The highest BCUT2D eigenvalue weighted by atomic mass is 35.5. The first-order chi connectivity index (χ1) is 14.0. The second kappa shape index (κ2) is 8.23. The second-order valence-electron chi connectivity index (χ2n) is 6.86. The lowest BCUT2D eigenvalue weighted by atomic mass is 10.1. The number of halogens is 1. The molecular weight excluding hydrogens is 402 g/mol. The van der Waals surface area contributed by atoms with Gasteiger partial charge in [0.15, 0.2) is 0 Å². The maximum Gasteiger partial charge on any atom is 0.265 e. The van der Waals surface area contributed by atoms with Gasteiger partial charge in [-0.15, -0.1) is 11.3 Å². The van der Waals surface area contributed by atoms with Crippen LogP contribution in [0, 0.1) is 13.8 Å². The van der Waals surface area contributed by atoms with Gasteiger partial charge in [-0.3, -0.25) is 9.48 Å². The highest BCUT2D eigenvalue weighted by molar-refractivity contribution is 7.12. The van der Waals surface area contributed by atoms with Crippen LogP contribution in [0.2, 0.25) is 5.02 Å². The predicted octanol–water partition coefficient (Wildman–Crippen LogP) is 6.18. The van der Waals surface area contributed by atoms with Crippen molar-refractivity contribution < 1.29 is 4.79 Å². The molecule has 2 heterocycles. The Morgan fingerprint density at radius 2 is 1.76 bits per heavy atom. The fraction of sp³-hybridized carbons (Fsp3) is 0.130. The molecule has 4 nitrogen and oxygen atoms in total. The summed E-state index contributed by atoms with van der Waals surface area (Å²) in [5, 5.41) is 10.1. The van der Waals surface area contributed by atoms with Crippen LogP contribution in [0.3, 0.4) is 0 Å². The molecule has 0 unspecified atom stereocenters. The third-order valence-corrected chi connectivity index (χ3v) is 6.28. The number of thiophene rings is 1. The molecule has 0 atom stereocenters. The van der Waals surface area contributed by atoms with E-state index in [0.29, 0.717) is 16.4 Å². The van der Waals surface area contributed by atoms with E-state index in [4.69, 9.17) is 11.6 Å². The van der Waals surface area contributed by atoms with Gasteiger partial charge in [0.1, 0.15) is 0 Å². The van der Waals surface area contributed by atoms with Crippen LogP contribution in [-0.4, -0.2) is 15.7 Å². The monoisotopic (exact) mass is 421 g/mol. The quantitative estimate of drug-likeness (QED) is 0.418. The van der Waals surface area contributed by atoms with E-state index in [1.807, 2.05) is 72.4 Å². The van der Waals surface area contributed by atoms with E-state index < -0.39 is 0 Å². The highest BCUT2D eigenvalue weighted by Crippen LogP contribution is 2.24. The van der Waals surface area contributed by atoms with Crippen LogP contribution >= 0.6 is 22.9 Å². The van der Waals surface area contributed by atoms with Gasteiger partial charge in [-0.2, -0.15) is 5.10 Å². The molecule has 4 rings (SSSR count). The number of aryl methyl sites for hydroxylation is 1. The van der Waals surface area contributed by atoms with Crippen molar-refractivity contribution in [2.45, 2.75) is 20.4 Å². The number of rotatable bonds is 5. The second-order valence-corrected chi connectivity index (χ2v) is 8.15. The van der Waals surface area contributed by atoms with Gasteiger partial charge >= 0.3 is 0 Å². The van der Waals surface area contributed by atoms with Crippen molar-refractivity contribution in [3.63, 3.8) is 0 Å². The van der Waals surface area contributed by atoms with Gasteiger partial charge in [-0.25, -0.2) is 0 Å². The van der Waals surface area contributed by atoms with E-state index in [0.717, 1.165) is 33.8 Å². The maximum absolute atomic E-state index is 12.6. The lowest BCUT2D eigenvalue weighted by molar-refractivity contribution is 0.103. The van der Waals surface area contributed by atoms with Crippen LogP contribution in [0.4, 0.5) is 5.69 Å². The Balaban J connectivity index is 1.43. The summed E-state index contributed by atoms with van der Waals surface area (Å²) in [6.07, 6.45) is 0. The van der Waals surface area contributed by atoms with Gasteiger partial charge in [0.2, 0.25) is 0 Å². The molecule has 6 heteroatoms. The topological polar surface area (TPSA) is 46.9 Å². The summed E-state index contributed by atoms with van der Waals surface area (Å²) in [6.45, 7) is 4.43. The van der Waals surface area contributed by atoms with Crippen LogP contribution in [0.25, 0.3) is 11.1 Å². The first-order valence-electron chi connectivity index (χ1n) is 9.25. The lowest BCUT2D eigenvalue weighted by Gasteiger charge is -2.06. The van der Waals surface area contributed by atoms with E-state index in [1.165, 1.54) is 11.3 Å². The summed E-state index contributed by atoms with van der Waals surface area (Å²) in [5.74, 6) is -0.111. The number of nitrogens with zero attached hydrogens (tertiary/aromatic N) is 2. The fourth-order valence-corrected chi connectivity index (χ4v) is 4.08. The molecule has 2 aromatic carbocycles. The summed E-state index contributed by atoms with van der Waals surface area (Å²) < 4.78 is 1.86. The molecule has 146 valence electrons. The van der Waals surface area contributed by atoms with Crippen LogP contribution in [0.15, 0.2) is 66.0 Å². The summed E-state index contributed by atoms with van der Waals surface area (Å²) in [5.41, 5.74) is 5.82. The number of carbonyl (C=O) groups excluding carboxylic acids is 1. The molecule has 0 bridgehead atoms. The van der Waals surface area contributed by atoms with Crippen molar-refractivity contribution in [2.75, 3.05) is 5.32 Å². The van der Waals surface area contributed by atoms with Crippen LogP contribution in [0.1, 0.15) is 26.6 Å². The number of anilines is 1. The Morgan fingerprint density at radius 1 is 1.07 bits per heavy atom. The normalized spacial score (nSPS) is 10.9. The molecular formula is C23H20ClN3OS. The van der Waals surface area contributed by atoms with Crippen LogP contribution < -0.4 is 5.32 Å². The van der Waals surface area contributed by atoms with Crippen LogP contribution in [-0.2, 0) is 6.54 Å². The summed E-state index contributed by atoms with van der Waals surface area (Å²) in [7, 11) is 0. The first-order valence-corrected chi connectivity index (χ1v) is 10.5. The van der Waals surface area contributed by atoms with Crippen LogP contribution in [0.5, 0.6) is 0 Å². The molecule has 0 spiro atoms. The number of nitrogens with one attached hydrogen (secondary N) is 1. The smallest absolute Gasteiger partial charge is 0.265 e. The number of amides is 1. The van der Waals surface area contributed by atoms with Crippen molar-refractivity contribution in [1.29, 1.82) is 0 Å². The molecule has 0 radical (unpaired) electrons. The van der Waals surface area contributed by atoms with Crippen molar-refractivity contribution >= 4 is 34.5 Å². The molecule has 0 aliphatic heterocycles. The predicted molar refractivity (Wildman–Crippen MR) is 120 cm³/mol. The molecule has 0 fully saturated rings. The van der Waals surface area contributed by atoms with Gasteiger partial charge < -0.3 is 5.32 Å². The Bertz CT molecular complexity index is 1150. The van der Waals surface area contributed by atoms with Gasteiger partial charge in [0.25, 0.3) is 5.91 Å². The number of hydrogen-bond acceptors (Lipinski definition) is 3. The SMILES string of the molecule is Cc1nn(Cc2csc(C(=O)Nc3ccc(-c4ccccc4)cc3)c2)c(C)c1Cl. The fourth-order valence-electron chi connectivity index (χ4n) is 3.15. The Morgan fingerprint density at radius 3 is 2.41 bits per heavy atom. The van der Waals surface area contributed by atoms with Crippen molar-refractivity contribution in [3.05, 3.63) is 92.9 Å². The zero-order chi connectivity index (χ0) is 20.4. The molecule has 4 aromatic rings.